The third-order valence-electron chi connectivity index (χ3n) is 6.65. The van der Waals surface area contributed by atoms with E-state index in [9.17, 15) is 20.0 Å². The Morgan fingerprint density at radius 3 is 2.05 bits per heavy atom. The van der Waals surface area contributed by atoms with Crippen molar-refractivity contribution in [3.05, 3.63) is 123 Å². The number of pyridine rings is 1. The van der Waals surface area contributed by atoms with E-state index in [0.717, 1.165) is 21.3 Å². The zero-order valence-corrected chi connectivity index (χ0v) is 21.5. The summed E-state index contributed by atoms with van der Waals surface area (Å²) < 4.78 is 11.7. The number of carbonyl (C=O) groups excluding carboxylic acids is 1. The minimum absolute atomic E-state index is 0.0360. The number of rotatable bonds is 9. The number of aromatic hydroxyl groups is 1. The van der Waals surface area contributed by atoms with Crippen LogP contribution in [0, 0.1) is 18.3 Å². The summed E-state index contributed by atoms with van der Waals surface area (Å²) in [6, 6.07) is 25.8. The molecule has 1 aromatic heterocycles. The number of methoxy groups -OCH3 is 2. The molecule has 0 aliphatic carbocycles. The zero-order chi connectivity index (χ0) is 27.2. The van der Waals surface area contributed by atoms with Gasteiger partial charge in [0.05, 0.1) is 25.7 Å². The van der Waals surface area contributed by atoms with Crippen molar-refractivity contribution in [2.24, 2.45) is 0 Å². The highest BCUT2D eigenvalue weighted by molar-refractivity contribution is 6.06. The Bertz CT molecular complexity index is 1510. The summed E-state index contributed by atoms with van der Waals surface area (Å²) in [5.74, 6) is -0.473. The Kier molecular flexibility index (Phi) is 7.93. The van der Waals surface area contributed by atoms with Crippen molar-refractivity contribution in [1.82, 2.24) is 4.57 Å². The SMILES string of the molecule is COc1ccc(CCn2c(O)c(C(=O)C(c3ccccc3)c3ccccc3)c(C)c(C#N)c2=O)cc1OC. The van der Waals surface area contributed by atoms with Crippen molar-refractivity contribution >= 4 is 5.78 Å². The van der Waals surface area contributed by atoms with Crippen LogP contribution in [-0.2, 0) is 13.0 Å². The average molecular weight is 509 g/mol. The molecule has 0 radical (unpaired) electrons. The maximum Gasteiger partial charge on any atom is 0.271 e. The van der Waals surface area contributed by atoms with Crippen LogP contribution in [0.5, 0.6) is 17.4 Å². The molecule has 4 aromatic rings. The van der Waals surface area contributed by atoms with Gasteiger partial charge in [-0.05, 0) is 47.7 Å². The Labute approximate surface area is 221 Å². The molecule has 38 heavy (non-hydrogen) atoms. The van der Waals surface area contributed by atoms with E-state index in [1.165, 1.54) is 14.0 Å². The van der Waals surface area contributed by atoms with E-state index in [2.05, 4.69) is 0 Å². The summed E-state index contributed by atoms with van der Waals surface area (Å²) >= 11 is 0. The molecule has 1 N–H and O–H groups in total. The Hall–Kier alpha value is -4.83. The number of aryl methyl sites for hydroxylation is 1. The van der Waals surface area contributed by atoms with Gasteiger partial charge in [-0.15, -0.1) is 0 Å². The molecule has 0 aliphatic heterocycles. The number of aromatic nitrogens is 1. The lowest BCUT2D eigenvalue weighted by Crippen LogP contribution is -2.28. The van der Waals surface area contributed by atoms with E-state index in [0.29, 0.717) is 17.9 Å². The fourth-order valence-electron chi connectivity index (χ4n) is 4.66. The molecular formula is C31H28N2O5. The molecule has 0 atom stereocenters. The first-order chi connectivity index (χ1) is 18.4. The molecule has 0 spiro atoms. The number of benzene rings is 3. The second-order valence-corrected chi connectivity index (χ2v) is 8.83. The van der Waals surface area contributed by atoms with E-state index in [1.54, 1.807) is 19.2 Å². The fraction of sp³-hybridized carbons (Fsp3) is 0.194. The van der Waals surface area contributed by atoms with Crippen LogP contribution in [-0.4, -0.2) is 29.7 Å². The molecule has 0 saturated heterocycles. The van der Waals surface area contributed by atoms with Gasteiger partial charge in [0.2, 0.25) is 5.88 Å². The van der Waals surface area contributed by atoms with E-state index in [1.807, 2.05) is 72.8 Å². The van der Waals surface area contributed by atoms with Gasteiger partial charge in [0, 0.05) is 6.54 Å². The van der Waals surface area contributed by atoms with E-state index in [4.69, 9.17) is 9.47 Å². The molecule has 192 valence electrons. The van der Waals surface area contributed by atoms with Gasteiger partial charge in [0.1, 0.15) is 11.6 Å². The summed E-state index contributed by atoms with van der Waals surface area (Å²) in [6.45, 7) is 1.58. The van der Waals surface area contributed by atoms with Crippen LogP contribution in [0.1, 0.15) is 44.1 Å². The van der Waals surface area contributed by atoms with Gasteiger partial charge in [-0.25, -0.2) is 0 Å². The highest BCUT2D eigenvalue weighted by Crippen LogP contribution is 2.34. The summed E-state index contributed by atoms with van der Waals surface area (Å²) in [5, 5.41) is 21.2. The van der Waals surface area contributed by atoms with Crippen LogP contribution < -0.4 is 15.0 Å². The van der Waals surface area contributed by atoms with Crippen LogP contribution in [0.3, 0.4) is 0 Å². The minimum Gasteiger partial charge on any atom is -0.494 e. The molecule has 1 heterocycles. The van der Waals surface area contributed by atoms with Gasteiger partial charge < -0.3 is 14.6 Å². The molecule has 0 amide bonds. The Balaban J connectivity index is 1.81. The standard InChI is InChI=1S/C31H28N2O5/c1-20-24(19-32)30(35)33(17-16-21-14-15-25(37-2)26(18-21)38-3)31(36)27(20)29(34)28(22-10-6-4-7-11-22)23-12-8-5-9-13-23/h4-15,18,28,36H,16-17H2,1-3H3. The first-order valence-electron chi connectivity index (χ1n) is 12.1. The van der Waals surface area contributed by atoms with Crippen LogP contribution in [0.2, 0.25) is 0 Å². The van der Waals surface area contributed by atoms with Crippen molar-refractivity contribution in [2.45, 2.75) is 25.8 Å². The summed E-state index contributed by atoms with van der Waals surface area (Å²) in [4.78, 5) is 27.3. The van der Waals surface area contributed by atoms with Gasteiger partial charge in [-0.3, -0.25) is 14.2 Å². The number of ketones is 1. The molecule has 0 bridgehead atoms. The lowest BCUT2D eigenvalue weighted by molar-refractivity contribution is 0.0968. The third kappa shape index (κ3) is 5.02. The topological polar surface area (TPSA) is 102 Å². The fourth-order valence-corrected chi connectivity index (χ4v) is 4.66. The van der Waals surface area contributed by atoms with Gasteiger partial charge in [-0.1, -0.05) is 66.7 Å². The predicted molar refractivity (Wildman–Crippen MR) is 144 cm³/mol. The molecule has 0 saturated carbocycles. The van der Waals surface area contributed by atoms with E-state index < -0.39 is 23.1 Å². The number of ether oxygens (including phenoxy) is 2. The number of hydrogen-bond donors (Lipinski definition) is 1. The first-order valence-corrected chi connectivity index (χ1v) is 12.1. The highest BCUT2D eigenvalue weighted by atomic mass is 16.5. The first kappa shape index (κ1) is 26.2. The second kappa shape index (κ2) is 11.5. The van der Waals surface area contributed by atoms with E-state index >= 15 is 0 Å². The smallest absolute Gasteiger partial charge is 0.271 e. The van der Waals surface area contributed by atoms with Crippen molar-refractivity contribution in [1.29, 1.82) is 5.26 Å². The number of nitrogens with zero attached hydrogens (tertiary/aromatic N) is 2. The van der Waals surface area contributed by atoms with Gasteiger partial charge >= 0.3 is 0 Å². The minimum atomic E-state index is -0.731. The molecule has 7 heteroatoms. The maximum absolute atomic E-state index is 14.1. The van der Waals surface area contributed by atoms with Gasteiger partial charge in [0.25, 0.3) is 5.56 Å². The second-order valence-electron chi connectivity index (χ2n) is 8.83. The average Bonchev–Trinajstić information content (AvgIpc) is 2.94. The predicted octanol–water partition coefficient (Wildman–Crippen LogP) is 5.01. The van der Waals surface area contributed by atoms with Crippen molar-refractivity contribution in [3.63, 3.8) is 0 Å². The van der Waals surface area contributed by atoms with Crippen LogP contribution in [0.15, 0.2) is 83.7 Å². The van der Waals surface area contributed by atoms with Crippen molar-refractivity contribution < 1.29 is 19.4 Å². The quantitative estimate of drug-likeness (QED) is 0.319. The molecule has 7 nitrogen and oxygen atoms in total. The molecular weight excluding hydrogens is 480 g/mol. The summed E-state index contributed by atoms with van der Waals surface area (Å²) in [6.07, 6.45) is 0.343. The Morgan fingerprint density at radius 1 is 0.947 bits per heavy atom. The maximum atomic E-state index is 14.1. The molecule has 3 aromatic carbocycles. The van der Waals surface area contributed by atoms with Crippen LogP contribution in [0.25, 0.3) is 0 Å². The molecule has 0 aliphatic rings. The third-order valence-corrected chi connectivity index (χ3v) is 6.65. The largest absolute Gasteiger partial charge is 0.494 e. The highest BCUT2D eigenvalue weighted by Gasteiger charge is 2.31. The lowest BCUT2D eigenvalue weighted by Gasteiger charge is -2.21. The number of nitriles is 1. The van der Waals surface area contributed by atoms with Gasteiger partial charge in [0.15, 0.2) is 17.3 Å². The number of carbonyl (C=O) groups is 1. The van der Waals surface area contributed by atoms with Crippen molar-refractivity contribution in [3.8, 4) is 23.4 Å². The molecule has 4 rings (SSSR count). The normalized spacial score (nSPS) is 10.7. The molecule has 0 fully saturated rings. The summed E-state index contributed by atoms with van der Waals surface area (Å²) in [5.41, 5.74) is 1.62. The lowest BCUT2D eigenvalue weighted by atomic mass is 9.83. The Morgan fingerprint density at radius 2 is 1.53 bits per heavy atom. The van der Waals surface area contributed by atoms with Gasteiger partial charge in [-0.2, -0.15) is 5.26 Å². The monoisotopic (exact) mass is 508 g/mol. The van der Waals surface area contributed by atoms with Crippen LogP contribution >= 0.6 is 0 Å². The molecule has 0 unspecified atom stereocenters. The zero-order valence-electron chi connectivity index (χ0n) is 21.5. The van der Waals surface area contributed by atoms with Crippen molar-refractivity contribution in [2.75, 3.05) is 14.2 Å². The van der Waals surface area contributed by atoms with E-state index in [-0.39, 0.29) is 23.2 Å². The number of Topliss-reactive ketones (excluding diaryl/α,β-unsaturated/α-hetero) is 1. The summed E-state index contributed by atoms with van der Waals surface area (Å²) in [7, 11) is 3.08. The van der Waals surface area contributed by atoms with Crippen LogP contribution in [0.4, 0.5) is 0 Å². The number of hydrogen-bond acceptors (Lipinski definition) is 6.